The van der Waals surface area contributed by atoms with Crippen LogP contribution in [0.25, 0.3) is 0 Å². The topological polar surface area (TPSA) is 63.2 Å². The normalized spacial score (nSPS) is 19.5. The zero-order chi connectivity index (χ0) is 39.2. The van der Waals surface area contributed by atoms with E-state index in [9.17, 15) is 4.79 Å². The van der Waals surface area contributed by atoms with E-state index in [1.165, 1.54) is 7.11 Å². The molecule has 294 valence electrons. The standard InChI is InChI=1S/C42H78O6Si3/c1-27(2)49(28(3)4,29(5)6)45-26-40-41(48-51(33(13)14,34(15)16)35(17)18)39(47-50(30(7)8,31(9)10)32(11)12)25-38(46-40)24-36-20-22-37(23-21-36)42(43)44-19/h20-23,25,27-35,39-41H,24,26H2,1-19H3/t39-,40-,41+/m1/s1. The first kappa shape index (κ1) is 45.9. The predicted molar refractivity (Wildman–Crippen MR) is 223 cm³/mol. The Balaban J connectivity index is 2.89. The van der Waals surface area contributed by atoms with Crippen molar-refractivity contribution in [2.24, 2.45) is 0 Å². The molecule has 0 N–H and O–H groups in total. The molecule has 0 amide bonds. The summed E-state index contributed by atoms with van der Waals surface area (Å²) in [6.07, 6.45) is 1.95. The SMILES string of the molecule is COC(=O)c1ccc(CC2=C[C@@H](O[Si](C(C)C)(C(C)C)C(C)C)[C@H](O[Si](C(C)C)(C(C)C)C(C)C)[C@@H](CO[Si](C(C)C)(C(C)C)C(C)C)O2)cc1. The summed E-state index contributed by atoms with van der Waals surface area (Å²) in [5, 5.41) is 0. The summed E-state index contributed by atoms with van der Waals surface area (Å²) in [5.74, 6) is 0.550. The summed E-state index contributed by atoms with van der Waals surface area (Å²) in [6.45, 7) is 42.9. The number of carbonyl (C=O) groups excluding carboxylic acids is 1. The molecule has 1 aromatic carbocycles. The third-order valence-electron chi connectivity index (χ3n) is 12.4. The number of esters is 1. The van der Waals surface area contributed by atoms with Crippen molar-refractivity contribution in [3.05, 3.63) is 47.2 Å². The molecule has 0 unspecified atom stereocenters. The Morgan fingerprint density at radius 3 is 1.37 bits per heavy atom. The van der Waals surface area contributed by atoms with Gasteiger partial charge in [-0.05, 0) is 73.6 Å². The fraction of sp³-hybridized carbons (Fsp3) is 0.786. The van der Waals surface area contributed by atoms with Crippen molar-refractivity contribution < 1.29 is 27.5 Å². The minimum atomic E-state index is -2.37. The maximum absolute atomic E-state index is 12.2. The third-order valence-corrected chi connectivity index (χ3v) is 30.7. The summed E-state index contributed by atoms with van der Waals surface area (Å²) >= 11 is 0. The monoisotopic (exact) mass is 763 g/mol. The number of hydrogen-bond acceptors (Lipinski definition) is 6. The lowest BCUT2D eigenvalue weighted by Gasteiger charge is -2.52. The Kier molecular flexibility index (Phi) is 17.0. The molecule has 0 saturated heterocycles. The van der Waals surface area contributed by atoms with Crippen LogP contribution in [0.1, 0.15) is 141 Å². The fourth-order valence-electron chi connectivity index (χ4n) is 10.4. The second-order valence-electron chi connectivity index (χ2n) is 18.1. The number of carbonyl (C=O) groups is 1. The zero-order valence-electron chi connectivity index (χ0n) is 36.2. The molecule has 1 aliphatic heterocycles. The van der Waals surface area contributed by atoms with Crippen molar-refractivity contribution in [3.63, 3.8) is 0 Å². The van der Waals surface area contributed by atoms with Gasteiger partial charge in [0.15, 0.2) is 0 Å². The molecule has 9 heteroatoms. The van der Waals surface area contributed by atoms with E-state index in [1.807, 2.05) is 24.3 Å². The summed E-state index contributed by atoms with van der Waals surface area (Å²) in [6, 6.07) is 7.67. The Morgan fingerprint density at radius 1 is 0.608 bits per heavy atom. The van der Waals surface area contributed by atoms with Gasteiger partial charge >= 0.3 is 5.97 Å². The van der Waals surface area contributed by atoms with E-state index < -0.39 is 25.0 Å². The van der Waals surface area contributed by atoms with Crippen LogP contribution in [0.2, 0.25) is 49.9 Å². The predicted octanol–water partition coefficient (Wildman–Crippen LogP) is 12.6. The average Bonchev–Trinajstić information content (AvgIpc) is 3.01. The molecule has 0 aromatic heterocycles. The van der Waals surface area contributed by atoms with Gasteiger partial charge in [0.05, 0.1) is 31.1 Å². The first-order valence-corrected chi connectivity index (χ1v) is 26.5. The van der Waals surface area contributed by atoms with E-state index in [1.54, 1.807) is 0 Å². The molecule has 0 saturated carbocycles. The molecule has 1 aromatic rings. The van der Waals surface area contributed by atoms with Crippen molar-refractivity contribution >= 4 is 30.9 Å². The number of hydrogen-bond donors (Lipinski definition) is 0. The van der Waals surface area contributed by atoms with E-state index >= 15 is 0 Å². The van der Waals surface area contributed by atoms with E-state index in [-0.39, 0.29) is 24.3 Å². The molecule has 0 fully saturated rings. The molecule has 0 radical (unpaired) electrons. The van der Waals surface area contributed by atoms with Gasteiger partial charge in [-0.1, -0.05) is 137 Å². The van der Waals surface area contributed by atoms with E-state index in [0.717, 1.165) is 11.3 Å². The van der Waals surface area contributed by atoms with Crippen molar-refractivity contribution in [1.29, 1.82) is 0 Å². The second kappa shape index (κ2) is 18.9. The van der Waals surface area contributed by atoms with Gasteiger partial charge in [-0.3, -0.25) is 0 Å². The minimum Gasteiger partial charge on any atom is -0.490 e. The molecule has 51 heavy (non-hydrogen) atoms. The van der Waals surface area contributed by atoms with Crippen LogP contribution in [-0.4, -0.2) is 63.0 Å². The van der Waals surface area contributed by atoms with Crippen LogP contribution >= 0.6 is 0 Å². The van der Waals surface area contributed by atoms with E-state index in [4.69, 9.17) is 22.8 Å². The van der Waals surface area contributed by atoms with Crippen molar-refractivity contribution in [2.75, 3.05) is 13.7 Å². The first-order chi connectivity index (χ1) is 23.6. The minimum absolute atomic E-state index is 0.271. The third kappa shape index (κ3) is 9.71. The Hall–Kier alpha value is -1.24. The molecule has 0 bridgehead atoms. The Bertz CT molecular complexity index is 1190. The van der Waals surface area contributed by atoms with Gasteiger partial charge in [0, 0.05) is 6.42 Å². The van der Waals surface area contributed by atoms with Crippen LogP contribution in [0.3, 0.4) is 0 Å². The van der Waals surface area contributed by atoms with Gasteiger partial charge in [-0.2, -0.15) is 0 Å². The van der Waals surface area contributed by atoms with Gasteiger partial charge in [0.2, 0.25) is 25.0 Å². The summed E-state index contributed by atoms with van der Waals surface area (Å²) in [5.41, 5.74) is 5.46. The Labute approximate surface area is 317 Å². The maximum Gasteiger partial charge on any atom is 0.337 e. The first-order valence-electron chi connectivity index (χ1n) is 20.1. The van der Waals surface area contributed by atoms with Crippen molar-refractivity contribution in [1.82, 2.24) is 0 Å². The number of rotatable bonds is 19. The lowest BCUT2D eigenvalue weighted by molar-refractivity contribution is -0.0820. The Morgan fingerprint density at radius 2 is 1.00 bits per heavy atom. The van der Waals surface area contributed by atoms with Gasteiger partial charge in [-0.25, -0.2) is 4.79 Å². The van der Waals surface area contributed by atoms with Gasteiger partial charge in [0.25, 0.3) is 0 Å². The molecule has 3 atom stereocenters. The molecule has 2 rings (SSSR count). The molecule has 0 spiro atoms. The van der Waals surface area contributed by atoms with E-state index in [2.05, 4.69) is 131 Å². The van der Waals surface area contributed by atoms with Gasteiger partial charge in [-0.15, -0.1) is 0 Å². The number of allylic oxidation sites excluding steroid dienone is 1. The lowest BCUT2D eigenvalue weighted by Crippen LogP contribution is -2.61. The largest absolute Gasteiger partial charge is 0.490 e. The van der Waals surface area contributed by atoms with Crippen molar-refractivity contribution in [3.8, 4) is 0 Å². The highest BCUT2D eigenvalue weighted by molar-refractivity contribution is 6.78. The molecular weight excluding hydrogens is 685 g/mol. The van der Waals surface area contributed by atoms with Gasteiger partial charge < -0.3 is 22.8 Å². The van der Waals surface area contributed by atoms with Crippen LogP contribution < -0.4 is 0 Å². The number of ether oxygens (including phenoxy) is 2. The molecular formula is C42H78O6Si3. The van der Waals surface area contributed by atoms with Crippen LogP contribution in [0, 0.1) is 0 Å². The highest BCUT2D eigenvalue weighted by Gasteiger charge is 2.54. The number of benzene rings is 1. The highest BCUT2D eigenvalue weighted by atomic mass is 28.4. The maximum atomic E-state index is 12.2. The van der Waals surface area contributed by atoms with Gasteiger partial charge in [0.1, 0.15) is 12.2 Å². The van der Waals surface area contributed by atoms with E-state index in [0.29, 0.717) is 68.5 Å². The molecule has 0 aliphatic carbocycles. The summed E-state index contributed by atoms with van der Waals surface area (Å²) < 4.78 is 35.1. The summed E-state index contributed by atoms with van der Waals surface area (Å²) in [4.78, 5) is 12.2. The van der Waals surface area contributed by atoms with Crippen molar-refractivity contribution in [2.45, 2.75) is 199 Å². The lowest BCUT2D eigenvalue weighted by atomic mass is 10.0. The van der Waals surface area contributed by atoms with Crippen LogP contribution in [-0.2, 0) is 29.2 Å². The van der Waals surface area contributed by atoms with Crippen LogP contribution in [0.5, 0.6) is 0 Å². The van der Waals surface area contributed by atoms with Crippen LogP contribution in [0.4, 0.5) is 0 Å². The smallest absolute Gasteiger partial charge is 0.337 e. The summed E-state index contributed by atoms with van der Waals surface area (Å²) in [7, 11) is -5.54. The molecule has 6 nitrogen and oxygen atoms in total. The van der Waals surface area contributed by atoms with Crippen LogP contribution in [0.15, 0.2) is 36.1 Å². The quantitative estimate of drug-likeness (QED) is 0.103. The average molecular weight is 763 g/mol. The molecule has 1 aliphatic rings. The number of methoxy groups -OCH3 is 1. The second-order valence-corrected chi connectivity index (χ2v) is 34.4. The fourth-order valence-corrected chi connectivity index (χ4v) is 26.9. The highest BCUT2D eigenvalue weighted by Crippen LogP contribution is 2.49. The zero-order valence-corrected chi connectivity index (χ0v) is 39.2. The molecule has 1 heterocycles.